The van der Waals surface area contributed by atoms with Crippen LogP contribution in [0.3, 0.4) is 0 Å². The third-order valence-electron chi connectivity index (χ3n) is 5.08. The summed E-state index contributed by atoms with van der Waals surface area (Å²) in [4.78, 5) is 10.1. The number of hydrogen-bond acceptors (Lipinski definition) is 8. The summed E-state index contributed by atoms with van der Waals surface area (Å²) in [5, 5.41) is 25.4. The van der Waals surface area contributed by atoms with Crippen LogP contribution in [-0.4, -0.2) is 44.2 Å². The van der Waals surface area contributed by atoms with Gasteiger partial charge in [0.1, 0.15) is 0 Å². The number of rotatable bonds is 8. The minimum Gasteiger partial charge on any atom is -0.398 e. The average molecular weight is 434 g/mol. The van der Waals surface area contributed by atoms with Gasteiger partial charge in [-0.15, -0.1) is 0 Å². The standard InChI is InChI=1S/C22H23FN8O/c1-30-20-10-15(7-6-14(20)12-27-30)28-22-26-13-17(23)21(29-22)31(8-3-9-32)19-5-2-4-18(25)16(19)11-24/h2,4-7,10-13,24,32H,3,8-9,25H2,1H3,(H,26,28,29). The Hall–Kier alpha value is -4.05. The van der Waals surface area contributed by atoms with Crippen molar-refractivity contribution < 1.29 is 9.50 Å². The van der Waals surface area contributed by atoms with Crippen molar-refractivity contribution in [1.29, 1.82) is 5.41 Å². The Kier molecular flexibility index (Phi) is 5.95. The highest BCUT2D eigenvalue weighted by molar-refractivity contribution is 5.94. The molecule has 0 saturated heterocycles. The van der Waals surface area contributed by atoms with Gasteiger partial charge in [-0.05, 0) is 36.8 Å². The highest BCUT2D eigenvalue weighted by Crippen LogP contribution is 2.32. The average Bonchev–Trinajstić information content (AvgIpc) is 3.16. The van der Waals surface area contributed by atoms with Crippen molar-refractivity contribution in [3.63, 3.8) is 0 Å². The van der Waals surface area contributed by atoms with Crippen LogP contribution in [0.25, 0.3) is 10.9 Å². The smallest absolute Gasteiger partial charge is 0.229 e. The van der Waals surface area contributed by atoms with Crippen LogP contribution < -0.4 is 16.0 Å². The molecule has 0 atom stereocenters. The second kappa shape index (κ2) is 8.98. The maximum absolute atomic E-state index is 14.9. The number of aliphatic hydroxyl groups excluding tert-OH is 1. The van der Waals surface area contributed by atoms with Gasteiger partial charge in [0.25, 0.3) is 0 Å². The third kappa shape index (κ3) is 4.08. The Morgan fingerprint density at radius 3 is 2.91 bits per heavy atom. The van der Waals surface area contributed by atoms with Crippen LogP contribution in [0.15, 0.2) is 48.8 Å². The van der Waals surface area contributed by atoms with Gasteiger partial charge in [-0.25, -0.2) is 9.37 Å². The molecule has 9 nitrogen and oxygen atoms in total. The van der Waals surface area contributed by atoms with Crippen molar-refractivity contribution >= 4 is 45.9 Å². The lowest BCUT2D eigenvalue weighted by Gasteiger charge is -2.26. The van der Waals surface area contributed by atoms with Crippen LogP contribution in [0.5, 0.6) is 0 Å². The zero-order valence-electron chi connectivity index (χ0n) is 17.5. The summed E-state index contributed by atoms with van der Waals surface area (Å²) in [5.74, 6) is -0.405. The lowest BCUT2D eigenvalue weighted by molar-refractivity contribution is 0.290. The number of aliphatic hydroxyl groups is 1. The first-order valence-corrected chi connectivity index (χ1v) is 10.0. The Balaban J connectivity index is 1.73. The fourth-order valence-corrected chi connectivity index (χ4v) is 3.49. The van der Waals surface area contributed by atoms with Gasteiger partial charge in [0.2, 0.25) is 5.95 Å². The molecule has 0 saturated carbocycles. The van der Waals surface area contributed by atoms with E-state index in [1.54, 1.807) is 34.0 Å². The summed E-state index contributed by atoms with van der Waals surface area (Å²) in [7, 11) is 1.85. The van der Waals surface area contributed by atoms with Crippen LogP contribution >= 0.6 is 0 Å². The van der Waals surface area contributed by atoms with E-state index >= 15 is 0 Å². The molecule has 2 aromatic carbocycles. The predicted molar refractivity (Wildman–Crippen MR) is 123 cm³/mol. The molecule has 10 heteroatoms. The normalized spacial score (nSPS) is 11.0. The lowest BCUT2D eigenvalue weighted by Crippen LogP contribution is -2.24. The predicted octanol–water partition coefficient (Wildman–Crippen LogP) is 3.35. The van der Waals surface area contributed by atoms with E-state index in [4.69, 9.17) is 11.1 Å². The maximum Gasteiger partial charge on any atom is 0.229 e. The largest absolute Gasteiger partial charge is 0.398 e. The first kappa shape index (κ1) is 21.2. The van der Waals surface area contributed by atoms with Gasteiger partial charge < -0.3 is 26.5 Å². The number of nitrogens with one attached hydrogen (secondary N) is 2. The number of nitrogens with zero attached hydrogens (tertiary/aromatic N) is 5. The topological polar surface area (TPSA) is 129 Å². The van der Waals surface area contributed by atoms with E-state index in [0.717, 1.165) is 29.0 Å². The van der Waals surface area contributed by atoms with Gasteiger partial charge >= 0.3 is 0 Å². The summed E-state index contributed by atoms with van der Waals surface area (Å²) >= 11 is 0. The van der Waals surface area contributed by atoms with Gasteiger partial charge in [-0.3, -0.25) is 4.68 Å². The van der Waals surface area contributed by atoms with Gasteiger partial charge in [-0.2, -0.15) is 10.1 Å². The number of benzene rings is 2. The first-order valence-electron chi connectivity index (χ1n) is 10.0. The number of aryl methyl sites for hydroxylation is 1. The summed E-state index contributed by atoms with van der Waals surface area (Å²) < 4.78 is 16.6. The monoisotopic (exact) mass is 434 g/mol. The van der Waals surface area contributed by atoms with Crippen LogP contribution in [-0.2, 0) is 7.05 Å². The number of nitrogen functional groups attached to an aromatic ring is 1. The molecule has 0 radical (unpaired) electrons. The molecule has 0 amide bonds. The molecule has 5 N–H and O–H groups in total. The van der Waals surface area contributed by atoms with Crippen LogP contribution in [0.4, 0.5) is 33.2 Å². The summed E-state index contributed by atoms with van der Waals surface area (Å²) in [6, 6.07) is 10.8. The second-order valence-corrected chi connectivity index (χ2v) is 7.19. The molecule has 4 aromatic rings. The van der Waals surface area contributed by atoms with Crippen molar-refractivity contribution in [2.45, 2.75) is 6.42 Å². The second-order valence-electron chi connectivity index (χ2n) is 7.19. The summed E-state index contributed by atoms with van der Waals surface area (Å²) in [5.41, 5.74) is 9.03. The highest BCUT2D eigenvalue weighted by Gasteiger charge is 2.20. The van der Waals surface area contributed by atoms with Crippen LogP contribution in [0.2, 0.25) is 0 Å². The Labute approximate surface area is 183 Å². The van der Waals surface area contributed by atoms with E-state index in [-0.39, 0.29) is 24.9 Å². The van der Waals surface area contributed by atoms with Crippen molar-refractivity contribution in [2.75, 3.05) is 29.1 Å². The number of aromatic nitrogens is 4. The van der Waals surface area contributed by atoms with Crippen molar-refractivity contribution in [3.8, 4) is 0 Å². The molecule has 32 heavy (non-hydrogen) atoms. The quantitative estimate of drug-likeness (QED) is 0.247. The van der Waals surface area contributed by atoms with Crippen molar-refractivity contribution in [2.24, 2.45) is 7.05 Å². The molecule has 0 bridgehead atoms. The third-order valence-corrected chi connectivity index (χ3v) is 5.08. The van der Waals surface area contributed by atoms with Crippen molar-refractivity contribution in [1.82, 2.24) is 19.7 Å². The Morgan fingerprint density at radius 2 is 2.12 bits per heavy atom. The molecule has 4 rings (SSSR count). The molecule has 0 spiro atoms. The van der Waals surface area contributed by atoms with E-state index in [0.29, 0.717) is 23.4 Å². The van der Waals surface area contributed by atoms with Gasteiger partial charge in [0.05, 0.1) is 23.6 Å². The molecule has 0 aliphatic heterocycles. The fraction of sp³-hybridized carbons (Fsp3) is 0.182. The molecular weight excluding hydrogens is 411 g/mol. The zero-order chi connectivity index (χ0) is 22.7. The van der Waals surface area contributed by atoms with E-state index in [1.807, 2.05) is 25.2 Å². The van der Waals surface area contributed by atoms with E-state index in [9.17, 15) is 9.50 Å². The van der Waals surface area contributed by atoms with E-state index in [1.165, 1.54) is 0 Å². The van der Waals surface area contributed by atoms with Gasteiger partial charge in [-0.1, -0.05) is 6.07 Å². The lowest BCUT2D eigenvalue weighted by atomic mass is 10.1. The minimum atomic E-state index is -0.631. The first-order chi connectivity index (χ1) is 15.5. The number of fused-ring (bicyclic) bond motifs is 1. The summed E-state index contributed by atoms with van der Waals surface area (Å²) in [6.45, 7) is 0.191. The number of nitrogens with two attached hydrogens (primary N) is 1. The molecule has 0 fully saturated rings. The van der Waals surface area contributed by atoms with E-state index in [2.05, 4.69) is 20.4 Å². The number of halogens is 1. The van der Waals surface area contributed by atoms with Gasteiger partial charge in [0, 0.05) is 48.7 Å². The SMILES string of the molecule is Cn1ncc2ccc(Nc3ncc(F)c(N(CCCO)c4cccc(N)c4C=N)n3)cc21. The van der Waals surface area contributed by atoms with Gasteiger partial charge in [0.15, 0.2) is 11.6 Å². The Morgan fingerprint density at radius 1 is 1.28 bits per heavy atom. The molecule has 164 valence electrons. The van der Waals surface area contributed by atoms with E-state index < -0.39 is 5.82 Å². The molecular formula is C22H23FN8O. The van der Waals surface area contributed by atoms with Crippen LogP contribution in [0, 0.1) is 11.2 Å². The number of hydrogen-bond donors (Lipinski definition) is 4. The van der Waals surface area contributed by atoms with Crippen molar-refractivity contribution in [3.05, 3.63) is 60.2 Å². The molecule has 0 unspecified atom stereocenters. The Bertz CT molecular complexity index is 1270. The molecule has 2 heterocycles. The zero-order valence-corrected chi connectivity index (χ0v) is 17.5. The van der Waals surface area contributed by atoms with Crippen LogP contribution in [0.1, 0.15) is 12.0 Å². The highest BCUT2D eigenvalue weighted by atomic mass is 19.1. The molecule has 0 aliphatic rings. The number of anilines is 5. The minimum absolute atomic E-state index is 0.0197. The maximum atomic E-state index is 14.9. The molecule has 0 aliphatic carbocycles. The summed E-state index contributed by atoms with van der Waals surface area (Å²) in [6.07, 6.45) is 4.36. The molecule has 2 aromatic heterocycles. The fourth-order valence-electron chi connectivity index (χ4n) is 3.49.